The fourth-order valence-electron chi connectivity index (χ4n) is 1.86. The summed E-state index contributed by atoms with van der Waals surface area (Å²) in [7, 11) is 4.07. The van der Waals surface area contributed by atoms with Crippen molar-refractivity contribution in [3.05, 3.63) is 47.1 Å². The molecule has 0 saturated heterocycles. The van der Waals surface area contributed by atoms with E-state index in [0.717, 1.165) is 6.42 Å². The third kappa shape index (κ3) is 5.97. The Balaban J connectivity index is 2.92. The minimum atomic E-state index is 0.668. The molecule has 1 aliphatic rings. The Morgan fingerprint density at radius 3 is 2.84 bits per heavy atom. The van der Waals surface area contributed by atoms with E-state index in [9.17, 15) is 0 Å². The minimum Gasteiger partial charge on any atom is -0.383 e. The predicted molar refractivity (Wildman–Crippen MR) is 88.8 cm³/mol. The second kappa shape index (κ2) is 8.05. The molecule has 0 radical (unpaired) electrons. The summed E-state index contributed by atoms with van der Waals surface area (Å²) in [4.78, 5) is 7.78. The molecule has 2 nitrogen and oxygen atoms in total. The van der Waals surface area contributed by atoms with Crippen molar-refractivity contribution < 1.29 is 0 Å². The van der Waals surface area contributed by atoms with Crippen LogP contribution in [-0.4, -0.2) is 37.0 Å². The molecule has 19 heavy (non-hydrogen) atoms. The summed E-state index contributed by atoms with van der Waals surface area (Å²) in [6, 6.07) is 0. The smallest absolute Gasteiger partial charge is 0.0567 e. The van der Waals surface area contributed by atoms with Crippen LogP contribution in [0.5, 0.6) is 0 Å². The van der Waals surface area contributed by atoms with E-state index < -0.39 is 0 Å². The van der Waals surface area contributed by atoms with Crippen molar-refractivity contribution in [3.8, 4) is 0 Å². The summed E-state index contributed by atoms with van der Waals surface area (Å²) in [5.74, 6) is 0. The summed E-state index contributed by atoms with van der Waals surface area (Å²) in [6.07, 6.45) is 11.5. The standard InChI is InChI=1S/C16H24N2S/c1-6-9-17-11-15(10-13(2)12-18(4)5)16-8-7-14(3)19-16/h6,8,10-12,14H,1,7,9H2,2-5H3/b13-12+,15-10+,17-11-. The Labute approximate surface area is 121 Å². The van der Waals surface area contributed by atoms with Crippen molar-refractivity contribution in [2.24, 2.45) is 4.99 Å². The van der Waals surface area contributed by atoms with E-state index in [-0.39, 0.29) is 0 Å². The van der Waals surface area contributed by atoms with Crippen molar-refractivity contribution >= 4 is 18.0 Å². The highest BCUT2D eigenvalue weighted by Crippen LogP contribution is 2.36. The van der Waals surface area contributed by atoms with Gasteiger partial charge < -0.3 is 4.90 Å². The normalized spacial score (nSPS) is 20.8. The zero-order valence-corrected chi connectivity index (χ0v) is 13.2. The fourth-order valence-corrected chi connectivity index (χ4v) is 2.93. The molecule has 0 aromatic rings. The number of nitrogens with zero attached hydrogens (tertiary/aromatic N) is 2. The summed E-state index contributed by atoms with van der Waals surface area (Å²) in [5.41, 5.74) is 2.43. The lowest BCUT2D eigenvalue weighted by Crippen LogP contribution is -2.01. The fraction of sp³-hybridized carbons (Fsp3) is 0.438. The van der Waals surface area contributed by atoms with Gasteiger partial charge in [0.05, 0.1) is 6.54 Å². The van der Waals surface area contributed by atoms with Crippen molar-refractivity contribution in [2.45, 2.75) is 25.5 Å². The maximum absolute atomic E-state index is 4.39. The first-order chi connectivity index (χ1) is 9.02. The first-order valence-corrected chi connectivity index (χ1v) is 7.45. The second-order valence-corrected chi connectivity index (χ2v) is 6.43. The molecule has 1 aliphatic heterocycles. The summed E-state index contributed by atoms with van der Waals surface area (Å²) < 4.78 is 0. The Bertz CT molecular complexity index is 428. The zero-order chi connectivity index (χ0) is 14.3. The minimum absolute atomic E-state index is 0.668. The van der Waals surface area contributed by atoms with Gasteiger partial charge in [0.25, 0.3) is 0 Å². The average Bonchev–Trinajstić information content (AvgIpc) is 2.74. The van der Waals surface area contributed by atoms with Crippen molar-refractivity contribution in [1.29, 1.82) is 0 Å². The van der Waals surface area contributed by atoms with E-state index in [1.807, 2.05) is 38.1 Å². The molecule has 0 fully saturated rings. The van der Waals surface area contributed by atoms with Gasteiger partial charge in [-0.25, -0.2) is 0 Å². The molecule has 1 atom stereocenters. The van der Waals surface area contributed by atoms with Crippen molar-refractivity contribution in [2.75, 3.05) is 20.6 Å². The van der Waals surface area contributed by atoms with Crippen LogP contribution in [0.15, 0.2) is 52.1 Å². The molecule has 0 aromatic carbocycles. The lowest BCUT2D eigenvalue weighted by Gasteiger charge is -2.08. The molecule has 0 aliphatic carbocycles. The van der Waals surface area contributed by atoms with Crippen LogP contribution in [0.3, 0.4) is 0 Å². The van der Waals surface area contributed by atoms with Gasteiger partial charge in [-0.05, 0) is 25.0 Å². The maximum atomic E-state index is 4.39. The number of aliphatic imine (C=N–C) groups is 1. The Kier molecular flexibility index (Phi) is 6.71. The molecular weight excluding hydrogens is 252 g/mol. The van der Waals surface area contributed by atoms with Gasteiger partial charge in [-0.1, -0.05) is 19.1 Å². The molecule has 0 N–H and O–H groups in total. The number of hydrogen-bond acceptors (Lipinski definition) is 3. The molecule has 3 heteroatoms. The van der Waals surface area contributed by atoms with Gasteiger partial charge in [0.1, 0.15) is 0 Å². The van der Waals surface area contributed by atoms with E-state index >= 15 is 0 Å². The maximum Gasteiger partial charge on any atom is 0.0567 e. The third-order valence-corrected chi connectivity index (χ3v) is 3.81. The SMILES string of the molecule is C=CC\N=C/C(=C\C(C)=C\N(C)C)C1=CCC(C)S1. The molecule has 0 bridgehead atoms. The molecule has 104 valence electrons. The van der Waals surface area contributed by atoms with Crippen molar-refractivity contribution in [3.63, 3.8) is 0 Å². The summed E-state index contributed by atoms with van der Waals surface area (Å²) in [6.45, 7) is 8.74. The molecular formula is C16H24N2S. The van der Waals surface area contributed by atoms with E-state index in [0.29, 0.717) is 11.8 Å². The van der Waals surface area contributed by atoms with E-state index in [2.05, 4.69) is 48.7 Å². The topological polar surface area (TPSA) is 15.6 Å². The first-order valence-electron chi connectivity index (χ1n) is 6.57. The van der Waals surface area contributed by atoms with Gasteiger partial charge in [-0.3, -0.25) is 4.99 Å². The predicted octanol–water partition coefficient (Wildman–Crippen LogP) is 4.04. The van der Waals surface area contributed by atoms with Crippen LogP contribution in [0.2, 0.25) is 0 Å². The highest BCUT2D eigenvalue weighted by Gasteiger charge is 2.15. The summed E-state index contributed by atoms with van der Waals surface area (Å²) in [5, 5.41) is 0.671. The van der Waals surface area contributed by atoms with Gasteiger partial charge >= 0.3 is 0 Å². The van der Waals surface area contributed by atoms with Crippen LogP contribution in [0, 0.1) is 0 Å². The van der Waals surface area contributed by atoms with E-state index in [4.69, 9.17) is 0 Å². The van der Waals surface area contributed by atoms with Crippen molar-refractivity contribution in [1.82, 2.24) is 4.90 Å². The lowest BCUT2D eigenvalue weighted by atomic mass is 10.1. The molecule has 0 spiro atoms. The lowest BCUT2D eigenvalue weighted by molar-refractivity contribution is 0.560. The van der Waals surface area contributed by atoms with Crippen LogP contribution in [0.4, 0.5) is 0 Å². The van der Waals surface area contributed by atoms with Gasteiger partial charge in [-0.15, -0.1) is 18.3 Å². The largest absolute Gasteiger partial charge is 0.383 e. The highest BCUT2D eigenvalue weighted by atomic mass is 32.2. The van der Waals surface area contributed by atoms with Crippen LogP contribution < -0.4 is 0 Å². The van der Waals surface area contributed by atoms with E-state index in [1.54, 1.807) is 0 Å². The molecule has 0 amide bonds. The number of hydrogen-bond donors (Lipinski definition) is 0. The summed E-state index contributed by atoms with van der Waals surface area (Å²) >= 11 is 1.93. The Hall–Kier alpha value is -1.22. The number of rotatable bonds is 6. The van der Waals surface area contributed by atoms with Gasteiger partial charge in [0, 0.05) is 42.2 Å². The van der Waals surface area contributed by atoms with Gasteiger partial charge in [-0.2, -0.15) is 0 Å². The van der Waals surface area contributed by atoms with Gasteiger partial charge in [0.15, 0.2) is 0 Å². The Morgan fingerprint density at radius 1 is 1.58 bits per heavy atom. The molecule has 1 heterocycles. The van der Waals surface area contributed by atoms with Crippen LogP contribution >= 0.6 is 11.8 Å². The molecule has 0 aromatic heterocycles. The average molecular weight is 276 g/mol. The third-order valence-electron chi connectivity index (χ3n) is 2.56. The van der Waals surface area contributed by atoms with Crippen LogP contribution in [-0.2, 0) is 0 Å². The second-order valence-electron chi connectivity index (χ2n) is 4.95. The Morgan fingerprint density at radius 2 is 2.32 bits per heavy atom. The highest BCUT2D eigenvalue weighted by molar-refractivity contribution is 8.04. The molecule has 1 rings (SSSR count). The monoisotopic (exact) mass is 276 g/mol. The van der Waals surface area contributed by atoms with Crippen LogP contribution in [0.25, 0.3) is 0 Å². The quantitative estimate of drug-likeness (QED) is 0.413. The number of allylic oxidation sites excluding steroid dienone is 4. The molecule has 1 unspecified atom stereocenters. The van der Waals surface area contributed by atoms with E-state index in [1.165, 1.54) is 16.1 Å². The number of thioether (sulfide) groups is 1. The first kappa shape index (κ1) is 15.8. The zero-order valence-electron chi connectivity index (χ0n) is 12.4. The van der Waals surface area contributed by atoms with Gasteiger partial charge in [0.2, 0.25) is 0 Å². The molecule has 0 saturated carbocycles. The van der Waals surface area contributed by atoms with Crippen LogP contribution in [0.1, 0.15) is 20.3 Å².